The van der Waals surface area contributed by atoms with E-state index in [9.17, 15) is 9.59 Å². The van der Waals surface area contributed by atoms with Gasteiger partial charge in [-0.15, -0.1) is 0 Å². The van der Waals surface area contributed by atoms with Crippen LogP contribution >= 0.6 is 0 Å². The molecular weight excluding hydrogens is 304 g/mol. The van der Waals surface area contributed by atoms with Crippen LogP contribution in [-0.4, -0.2) is 41.5 Å². The second-order valence-electron chi connectivity index (χ2n) is 6.92. The second-order valence-corrected chi connectivity index (χ2v) is 6.92. The quantitative estimate of drug-likeness (QED) is 0.862. The minimum Gasteiger partial charge on any atom is -0.319 e. The number of benzene rings is 1. The van der Waals surface area contributed by atoms with Gasteiger partial charge >= 0.3 is 6.03 Å². The Morgan fingerprint density at radius 1 is 1.33 bits per heavy atom. The van der Waals surface area contributed by atoms with Crippen LogP contribution in [0.2, 0.25) is 0 Å². The summed E-state index contributed by atoms with van der Waals surface area (Å²) >= 11 is 0. The van der Waals surface area contributed by atoms with Crippen molar-refractivity contribution in [3.63, 3.8) is 0 Å². The Labute approximate surface area is 142 Å². The predicted octanol–water partition coefficient (Wildman–Crippen LogP) is 2.01. The van der Waals surface area contributed by atoms with Crippen molar-refractivity contribution in [1.29, 1.82) is 5.26 Å². The number of nitriles is 1. The van der Waals surface area contributed by atoms with Gasteiger partial charge < -0.3 is 5.32 Å². The van der Waals surface area contributed by atoms with E-state index < -0.39 is 5.54 Å². The molecule has 6 heteroatoms. The summed E-state index contributed by atoms with van der Waals surface area (Å²) in [6, 6.07) is 8.53. The lowest BCUT2D eigenvalue weighted by atomic mass is 9.91. The van der Waals surface area contributed by atoms with Crippen LogP contribution in [0.3, 0.4) is 0 Å². The number of hydrogen-bond donors (Lipinski definition) is 1. The zero-order valence-corrected chi connectivity index (χ0v) is 14.1. The highest BCUT2D eigenvalue weighted by Crippen LogP contribution is 2.30. The van der Waals surface area contributed by atoms with Gasteiger partial charge in [0, 0.05) is 13.1 Å². The number of urea groups is 1. The van der Waals surface area contributed by atoms with Crippen molar-refractivity contribution in [3.8, 4) is 6.07 Å². The third kappa shape index (κ3) is 2.87. The third-order valence-corrected chi connectivity index (χ3v) is 5.06. The molecule has 2 fully saturated rings. The molecule has 24 heavy (non-hydrogen) atoms. The highest BCUT2D eigenvalue weighted by atomic mass is 16.2. The van der Waals surface area contributed by atoms with E-state index >= 15 is 0 Å². The lowest BCUT2D eigenvalue weighted by Crippen LogP contribution is -2.46. The van der Waals surface area contributed by atoms with Gasteiger partial charge in [0.1, 0.15) is 5.54 Å². The largest absolute Gasteiger partial charge is 0.326 e. The van der Waals surface area contributed by atoms with E-state index in [-0.39, 0.29) is 11.9 Å². The minimum absolute atomic E-state index is 0.263. The van der Waals surface area contributed by atoms with Crippen LogP contribution in [0.5, 0.6) is 0 Å². The summed E-state index contributed by atoms with van der Waals surface area (Å²) in [5.74, 6) is 0.435. The van der Waals surface area contributed by atoms with E-state index in [0.29, 0.717) is 23.7 Å². The van der Waals surface area contributed by atoms with Crippen molar-refractivity contribution < 1.29 is 9.59 Å². The molecule has 0 bridgehead atoms. The van der Waals surface area contributed by atoms with Gasteiger partial charge in [-0.3, -0.25) is 9.69 Å². The van der Waals surface area contributed by atoms with E-state index in [1.165, 1.54) is 4.90 Å². The number of carbonyl (C=O) groups excluding carboxylic acids is 2. The highest BCUT2D eigenvalue weighted by Gasteiger charge is 2.49. The number of carbonyl (C=O) groups is 2. The molecule has 0 radical (unpaired) electrons. The van der Waals surface area contributed by atoms with Crippen LogP contribution in [0.1, 0.15) is 37.8 Å². The van der Waals surface area contributed by atoms with Gasteiger partial charge in [-0.25, -0.2) is 9.69 Å². The fraction of sp³-hybridized carbons (Fsp3) is 0.500. The zero-order chi connectivity index (χ0) is 17.3. The third-order valence-electron chi connectivity index (χ3n) is 5.06. The summed E-state index contributed by atoms with van der Waals surface area (Å²) < 4.78 is 0. The summed E-state index contributed by atoms with van der Waals surface area (Å²) in [6.45, 7) is 6.05. The topological polar surface area (TPSA) is 76.4 Å². The molecule has 0 spiro atoms. The average Bonchev–Trinajstić information content (AvgIpc) is 2.81. The van der Waals surface area contributed by atoms with Crippen molar-refractivity contribution in [2.75, 3.05) is 19.8 Å². The summed E-state index contributed by atoms with van der Waals surface area (Å²) in [5.41, 5.74) is -0.0126. The van der Waals surface area contributed by atoms with Gasteiger partial charge in [0.05, 0.1) is 18.3 Å². The Hall–Kier alpha value is -2.39. The van der Waals surface area contributed by atoms with Crippen LogP contribution in [0.15, 0.2) is 24.3 Å². The first-order chi connectivity index (χ1) is 11.4. The molecule has 2 aliphatic rings. The number of piperidine rings is 1. The van der Waals surface area contributed by atoms with E-state index in [4.69, 9.17) is 5.26 Å². The summed E-state index contributed by atoms with van der Waals surface area (Å²) in [4.78, 5) is 28.7. The fourth-order valence-corrected chi connectivity index (χ4v) is 3.32. The molecule has 0 saturated carbocycles. The molecule has 0 aromatic heterocycles. The molecule has 2 saturated heterocycles. The van der Waals surface area contributed by atoms with Crippen molar-refractivity contribution in [1.82, 2.24) is 15.1 Å². The molecular formula is C18H22N4O2. The van der Waals surface area contributed by atoms with Crippen molar-refractivity contribution in [3.05, 3.63) is 35.4 Å². The molecule has 1 N–H and O–H groups in total. The average molecular weight is 326 g/mol. The van der Waals surface area contributed by atoms with Crippen LogP contribution < -0.4 is 5.32 Å². The van der Waals surface area contributed by atoms with Gasteiger partial charge in [-0.05, 0) is 43.4 Å². The van der Waals surface area contributed by atoms with Gasteiger partial charge in [0.15, 0.2) is 0 Å². The van der Waals surface area contributed by atoms with Crippen LogP contribution in [-0.2, 0) is 10.3 Å². The standard InChI is InChI=1S/C18H22N4O2/c1-13-6-8-21(9-7-13)12-22-16(23)18(2,20-17(22)24)15-5-3-4-14(10-15)11-19/h3-5,10,13H,6-9,12H2,1-2H3,(H,20,24). The maximum atomic E-state index is 12.9. The monoisotopic (exact) mass is 326 g/mol. The van der Waals surface area contributed by atoms with E-state index in [1.54, 1.807) is 31.2 Å². The second kappa shape index (κ2) is 6.25. The number of likely N-dealkylation sites (tertiary alicyclic amines) is 1. The molecule has 2 heterocycles. The minimum atomic E-state index is -1.12. The molecule has 0 aliphatic carbocycles. The van der Waals surface area contributed by atoms with E-state index in [1.807, 2.05) is 0 Å². The fourth-order valence-electron chi connectivity index (χ4n) is 3.32. The Bertz CT molecular complexity index is 703. The molecule has 3 amide bonds. The van der Waals surface area contributed by atoms with Gasteiger partial charge in [0.2, 0.25) is 0 Å². The van der Waals surface area contributed by atoms with Crippen molar-refractivity contribution in [2.45, 2.75) is 32.2 Å². The molecule has 1 aromatic carbocycles. The number of hydrogen-bond acceptors (Lipinski definition) is 4. The number of rotatable bonds is 3. The van der Waals surface area contributed by atoms with E-state index in [2.05, 4.69) is 23.2 Å². The molecule has 1 unspecified atom stereocenters. The van der Waals surface area contributed by atoms with Gasteiger partial charge in [-0.1, -0.05) is 19.1 Å². The Balaban J connectivity index is 1.79. The molecule has 6 nitrogen and oxygen atoms in total. The lowest BCUT2D eigenvalue weighted by Gasteiger charge is -2.32. The van der Waals surface area contributed by atoms with Crippen LogP contribution in [0, 0.1) is 17.2 Å². The number of nitrogens with zero attached hydrogens (tertiary/aromatic N) is 3. The molecule has 1 aromatic rings. The molecule has 3 rings (SSSR count). The summed E-state index contributed by atoms with van der Waals surface area (Å²) in [5, 5.41) is 11.9. The highest BCUT2D eigenvalue weighted by molar-refractivity contribution is 6.07. The summed E-state index contributed by atoms with van der Waals surface area (Å²) in [7, 11) is 0. The first-order valence-electron chi connectivity index (χ1n) is 8.31. The van der Waals surface area contributed by atoms with Crippen LogP contribution in [0.4, 0.5) is 4.79 Å². The van der Waals surface area contributed by atoms with Gasteiger partial charge in [0.25, 0.3) is 5.91 Å². The van der Waals surface area contributed by atoms with E-state index in [0.717, 1.165) is 25.9 Å². The number of amides is 3. The maximum absolute atomic E-state index is 12.9. The van der Waals surface area contributed by atoms with Crippen molar-refractivity contribution >= 4 is 11.9 Å². The maximum Gasteiger partial charge on any atom is 0.326 e. The normalized spacial score (nSPS) is 25.6. The predicted molar refractivity (Wildman–Crippen MR) is 88.7 cm³/mol. The molecule has 1 atom stereocenters. The Kier molecular flexibility index (Phi) is 4.29. The number of imide groups is 1. The zero-order valence-electron chi connectivity index (χ0n) is 14.1. The Morgan fingerprint density at radius 3 is 2.71 bits per heavy atom. The molecule has 126 valence electrons. The van der Waals surface area contributed by atoms with Crippen molar-refractivity contribution in [2.24, 2.45) is 5.92 Å². The first kappa shape index (κ1) is 16.5. The summed E-state index contributed by atoms with van der Waals surface area (Å²) in [6.07, 6.45) is 2.18. The number of nitrogens with one attached hydrogen (secondary N) is 1. The first-order valence-corrected chi connectivity index (χ1v) is 8.31. The lowest BCUT2D eigenvalue weighted by molar-refractivity contribution is -0.132. The van der Waals surface area contributed by atoms with Gasteiger partial charge in [-0.2, -0.15) is 5.26 Å². The Morgan fingerprint density at radius 2 is 2.04 bits per heavy atom. The smallest absolute Gasteiger partial charge is 0.319 e. The SMILES string of the molecule is CC1CCN(CN2C(=O)NC(C)(c3cccc(C#N)c3)C2=O)CC1. The van der Waals surface area contributed by atoms with Crippen LogP contribution in [0.25, 0.3) is 0 Å². The molecule has 2 aliphatic heterocycles.